The molecule has 0 saturated carbocycles. The number of aliphatic hydroxyl groups excluding tert-OH is 1. The quantitative estimate of drug-likeness (QED) is 0.505. The van der Waals surface area contributed by atoms with Gasteiger partial charge in [-0.25, -0.2) is 13.2 Å². The molecule has 1 aliphatic rings. The summed E-state index contributed by atoms with van der Waals surface area (Å²) in [4.78, 5) is 25.7. The zero-order chi connectivity index (χ0) is 24.7. The summed E-state index contributed by atoms with van der Waals surface area (Å²) >= 11 is 0. The highest BCUT2D eigenvalue weighted by Gasteiger charge is 2.45. The van der Waals surface area contributed by atoms with E-state index in [4.69, 9.17) is 0 Å². The van der Waals surface area contributed by atoms with E-state index in [0.29, 0.717) is 5.69 Å². The number of hydrogen-bond donors (Lipinski definition) is 2. The van der Waals surface area contributed by atoms with Gasteiger partial charge in [0.2, 0.25) is 0 Å². The van der Waals surface area contributed by atoms with Gasteiger partial charge in [-0.1, -0.05) is 48.0 Å². The molecule has 1 heterocycles. The highest BCUT2D eigenvalue weighted by molar-refractivity contribution is 7.92. The van der Waals surface area contributed by atoms with Crippen molar-refractivity contribution in [3.8, 4) is 0 Å². The van der Waals surface area contributed by atoms with Crippen LogP contribution in [0, 0.1) is 6.92 Å². The molecule has 0 unspecified atom stereocenters. The van der Waals surface area contributed by atoms with Gasteiger partial charge in [-0.15, -0.1) is 0 Å². The average Bonchev–Trinajstić information content (AvgIpc) is 2.99. The molecule has 0 aromatic heterocycles. The lowest BCUT2D eigenvalue weighted by Gasteiger charge is -2.28. The van der Waals surface area contributed by atoms with Crippen LogP contribution in [0.15, 0.2) is 71.6 Å². The fourth-order valence-corrected chi connectivity index (χ4v) is 5.49. The second-order valence-electron chi connectivity index (χ2n) is 9.01. The van der Waals surface area contributed by atoms with Crippen LogP contribution < -0.4 is 9.62 Å². The molecule has 2 N–H and O–H groups in total. The number of hydrogen-bond acceptors (Lipinski definition) is 5. The van der Waals surface area contributed by atoms with Crippen LogP contribution in [0.25, 0.3) is 10.8 Å². The van der Waals surface area contributed by atoms with Gasteiger partial charge in [-0.3, -0.25) is 14.0 Å². The van der Waals surface area contributed by atoms with Crippen molar-refractivity contribution in [3.63, 3.8) is 0 Å². The SMILES string of the molecule is Cc1ccc(N(C[C@H](O)CN2C(=O)NC(C)(C)C2=O)S(=O)(=O)c2ccc3ccccc3c2)cc1. The lowest BCUT2D eigenvalue weighted by Crippen LogP contribution is -2.45. The Bertz CT molecular complexity index is 1350. The number of nitrogens with zero attached hydrogens (tertiary/aromatic N) is 2. The van der Waals surface area contributed by atoms with Gasteiger partial charge in [0.25, 0.3) is 15.9 Å². The number of imide groups is 1. The summed E-state index contributed by atoms with van der Waals surface area (Å²) < 4.78 is 28.6. The minimum Gasteiger partial charge on any atom is -0.389 e. The van der Waals surface area contributed by atoms with Gasteiger partial charge in [-0.05, 0) is 55.8 Å². The number of carbonyl (C=O) groups is 2. The third-order valence-electron chi connectivity index (χ3n) is 5.85. The van der Waals surface area contributed by atoms with Crippen LogP contribution in [-0.2, 0) is 14.8 Å². The zero-order valence-electron chi connectivity index (χ0n) is 19.2. The molecule has 1 fully saturated rings. The zero-order valence-corrected chi connectivity index (χ0v) is 20.0. The molecule has 178 valence electrons. The largest absolute Gasteiger partial charge is 0.389 e. The van der Waals surface area contributed by atoms with E-state index in [1.165, 1.54) is 6.07 Å². The van der Waals surface area contributed by atoms with Gasteiger partial charge in [0.1, 0.15) is 5.54 Å². The van der Waals surface area contributed by atoms with Crippen molar-refractivity contribution < 1.29 is 23.1 Å². The monoisotopic (exact) mass is 481 g/mol. The van der Waals surface area contributed by atoms with Crippen LogP contribution in [0.1, 0.15) is 19.4 Å². The number of benzene rings is 3. The Morgan fingerprint density at radius 3 is 2.26 bits per heavy atom. The van der Waals surface area contributed by atoms with Crippen LogP contribution in [0.2, 0.25) is 0 Å². The van der Waals surface area contributed by atoms with E-state index in [1.807, 2.05) is 31.2 Å². The maximum Gasteiger partial charge on any atom is 0.325 e. The third kappa shape index (κ3) is 4.49. The predicted molar refractivity (Wildman–Crippen MR) is 130 cm³/mol. The first-order chi connectivity index (χ1) is 16.0. The lowest BCUT2D eigenvalue weighted by molar-refractivity contribution is -0.131. The van der Waals surface area contributed by atoms with E-state index in [1.54, 1.807) is 50.2 Å². The summed E-state index contributed by atoms with van der Waals surface area (Å²) in [5.41, 5.74) is 0.245. The van der Waals surface area contributed by atoms with E-state index in [0.717, 1.165) is 25.5 Å². The first-order valence-corrected chi connectivity index (χ1v) is 12.3. The molecular weight excluding hydrogens is 454 g/mol. The van der Waals surface area contributed by atoms with Crippen molar-refractivity contribution >= 4 is 38.4 Å². The third-order valence-corrected chi connectivity index (χ3v) is 7.63. The van der Waals surface area contributed by atoms with Gasteiger partial charge in [0.15, 0.2) is 0 Å². The van der Waals surface area contributed by atoms with Crippen LogP contribution in [0.5, 0.6) is 0 Å². The molecule has 1 saturated heterocycles. The molecule has 1 atom stereocenters. The van der Waals surface area contributed by atoms with Crippen molar-refractivity contribution in [2.24, 2.45) is 0 Å². The molecule has 1 aliphatic heterocycles. The Kier molecular flexibility index (Phi) is 6.09. The fraction of sp³-hybridized carbons (Fsp3) is 0.280. The fourth-order valence-electron chi connectivity index (χ4n) is 3.95. The van der Waals surface area contributed by atoms with Gasteiger partial charge in [-0.2, -0.15) is 0 Å². The maximum absolute atomic E-state index is 13.7. The lowest BCUT2D eigenvalue weighted by atomic mass is 10.1. The highest BCUT2D eigenvalue weighted by Crippen LogP contribution is 2.27. The number of carbonyl (C=O) groups excluding carboxylic acids is 2. The van der Waals surface area contributed by atoms with E-state index in [2.05, 4.69) is 5.32 Å². The molecule has 0 radical (unpaired) electrons. The molecule has 9 heteroatoms. The minimum atomic E-state index is -4.07. The van der Waals surface area contributed by atoms with Crippen molar-refractivity contribution in [2.75, 3.05) is 17.4 Å². The van der Waals surface area contributed by atoms with Crippen molar-refractivity contribution in [2.45, 2.75) is 37.3 Å². The second-order valence-corrected chi connectivity index (χ2v) is 10.9. The summed E-state index contributed by atoms with van der Waals surface area (Å²) in [6.45, 7) is 4.37. The van der Waals surface area contributed by atoms with Gasteiger partial charge in [0.05, 0.1) is 29.8 Å². The summed E-state index contributed by atoms with van der Waals surface area (Å²) in [6.07, 6.45) is -1.31. The van der Waals surface area contributed by atoms with Gasteiger partial charge in [0, 0.05) is 0 Å². The number of fused-ring (bicyclic) bond motifs is 1. The van der Waals surface area contributed by atoms with Crippen molar-refractivity contribution in [1.29, 1.82) is 0 Å². The molecule has 3 aromatic rings. The Morgan fingerprint density at radius 1 is 1.00 bits per heavy atom. The first kappa shape index (κ1) is 23.7. The van der Waals surface area contributed by atoms with E-state index < -0.39 is 33.6 Å². The highest BCUT2D eigenvalue weighted by atomic mass is 32.2. The normalized spacial score (nSPS) is 16.5. The molecule has 3 amide bonds. The maximum atomic E-state index is 13.7. The van der Waals surface area contributed by atoms with E-state index in [-0.39, 0.29) is 18.0 Å². The Balaban J connectivity index is 1.67. The first-order valence-electron chi connectivity index (χ1n) is 10.9. The number of urea groups is 1. The second kappa shape index (κ2) is 8.73. The van der Waals surface area contributed by atoms with Gasteiger partial charge >= 0.3 is 6.03 Å². The summed E-state index contributed by atoms with van der Waals surface area (Å²) in [7, 11) is -4.07. The molecule has 0 bridgehead atoms. The number of amides is 3. The number of β-amino-alcohol motifs (C(OH)–C–C–N with tert-alkyl or cyclic N) is 1. The molecule has 34 heavy (non-hydrogen) atoms. The number of rotatable bonds is 7. The molecule has 4 rings (SSSR count). The van der Waals surface area contributed by atoms with Crippen molar-refractivity contribution in [3.05, 3.63) is 72.3 Å². The molecular formula is C25H27N3O5S. The number of aryl methyl sites for hydroxylation is 1. The van der Waals surface area contributed by atoms with E-state index >= 15 is 0 Å². The van der Waals surface area contributed by atoms with Crippen LogP contribution in [0.3, 0.4) is 0 Å². The molecule has 0 aliphatic carbocycles. The van der Waals surface area contributed by atoms with E-state index in [9.17, 15) is 23.1 Å². The predicted octanol–water partition coefficient (Wildman–Crippen LogP) is 3.03. The molecule has 3 aromatic carbocycles. The molecule has 0 spiro atoms. The minimum absolute atomic E-state index is 0.0788. The number of anilines is 1. The Hall–Kier alpha value is -3.43. The van der Waals surface area contributed by atoms with Gasteiger partial charge < -0.3 is 10.4 Å². The Morgan fingerprint density at radius 2 is 1.65 bits per heavy atom. The van der Waals surface area contributed by atoms with Crippen LogP contribution >= 0.6 is 0 Å². The molecule has 8 nitrogen and oxygen atoms in total. The van der Waals surface area contributed by atoms with Crippen LogP contribution in [-0.4, -0.2) is 55.1 Å². The topological polar surface area (TPSA) is 107 Å². The summed E-state index contributed by atoms with van der Waals surface area (Å²) in [6, 6.07) is 18.6. The van der Waals surface area contributed by atoms with Crippen LogP contribution in [0.4, 0.5) is 10.5 Å². The Labute approximate surface area is 198 Å². The average molecular weight is 482 g/mol. The van der Waals surface area contributed by atoms with Crippen molar-refractivity contribution in [1.82, 2.24) is 10.2 Å². The number of nitrogens with one attached hydrogen (secondary N) is 1. The summed E-state index contributed by atoms with van der Waals surface area (Å²) in [5, 5.41) is 15.0. The smallest absolute Gasteiger partial charge is 0.325 e. The number of aliphatic hydroxyl groups is 1. The summed E-state index contributed by atoms with van der Waals surface area (Å²) in [5.74, 6) is -0.476. The number of sulfonamides is 1. The standard InChI is InChI=1S/C25H27N3O5S/c1-17-8-11-20(12-9-17)28(16-21(29)15-27-23(30)25(2,3)26-24(27)31)34(32,33)22-13-10-18-6-4-5-7-19(18)14-22/h4-14,21,29H,15-16H2,1-3H3,(H,26,31)/t21-/m1/s1.